The van der Waals surface area contributed by atoms with E-state index in [1.54, 1.807) is 4.90 Å². The molecule has 0 radical (unpaired) electrons. The van der Waals surface area contributed by atoms with Crippen LogP contribution in [-0.4, -0.2) is 78.6 Å². The van der Waals surface area contributed by atoms with Gasteiger partial charge in [-0.3, -0.25) is 9.89 Å². The van der Waals surface area contributed by atoms with Crippen molar-refractivity contribution in [3.63, 3.8) is 0 Å². The fraction of sp³-hybridized carbons (Fsp3) is 0.733. The number of carbonyl (C=O) groups excluding carboxylic acids is 1. The largest absolute Gasteiger partial charge is 0.336 e. The molecule has 1 aromatic heterocycles. The van der Waals surface area contributed by atoms with Crippen molar-refractivity contribution in [3.8, 4) is 0 Å². The van der Waals surface area contributed by atoms with Crippen LogP contribution in [0, 0.1) is 5.92 Å². The van der Waals surface area contributed by atoms with E-state index in [4.69, 9.17) is 0 Å². The quantitative estimate of drug-likeness (QED) is 0.800. The van der Waals surface area contributed by atoms with Gasteiger partial charge in [-0.15, -0.1) is 0 Å². The highest BCUT2D eigenvalue weighted by Crippen LogP contribution is 2.37. The SMILES string of the molecule is CN(C)[C@@H]1CS(=O)(=O)[C@H]2CN(C(=O)c3n[nH]c4c3CCC4)C[C@@H]12. The Morgan fingerprint density at radius 1 is 1.30 bits per heavy atom. The summed E-state index contributed by atoms with van der Waals surface area (Å²) in [6, 6.07) is -0.00676. The van der Waals surface area contributed by atoms with E-state index in [1.165, 1.54) is 0 Å². The number of nitrogens with one attached hydrogen (secondary N) is 1. The van der Waals surface area contributed by atoms with Gasteiger partial charge >= 0.3 is 0 Å². The maximum Gasteiger partial charge on any atom is 0.274 e. The zero-order valence-electron chi connectivity index (χ0n) is 13.4. The van der Waals surface area contributed by atoms with Crippen molar-refractivity contribution in [1.82, 2.24) is 20.0 Å². The van der Waals surface area contributed by atoms with E-state index < -0.39 is 15.1 Å². The first-order valence-corrected chi connectivity index (χ1v) is 9.83. The van der Waals surface area contributed by atoms with Crippen molar-refractivity contribution in [2.45, 2.75) is 30.6 Å². The van der Waals surface area contributed by atoms with Crippen LogP contribution >= 0.6 is 0 Å². The second-order valence-corrected chi connectivity index (χ2v) is 9.42. The maximum absolute atomic E-state index is 12.8. The van der Waals surface area contributed by atoms with Crippen molar-refractivity contribution >= 4 is 15.7 Å². The molecule has 3 heterocycles. The third-order valence-electron chi connectivity index (χ3n) is 5.63. The third-order valence-corrected chi connectivity index (χ3v) is 7.85. The van der Waals surface area contributed by atoms with Crippen LogP contribution in [0.1, 0.15) is 28.2 Å². The lowest BCUT2D eigenvalue weighted by Crippen LogP contribution is -2.38. The number of hydrogen-bond donors (Lipinski definition) is 1. The Morgan fingerprint density at radius 3 is 2.83 bits per heavy atom. The molecule has 4 rings (SSSR count). The van der Waals surface area contributed by atoms with Crippen LogP contribution in [0.15, 0.2) is 0 Å². The monoisotopic (exact) mass is 338 g/mol. The summed E-state index contributed by atoms with van der Waals surface area (Å²) in [5, 5.41) is 6.73. The number of fused-ring (bicyclic) bond motifs is 2. The molecule has 7 nitrogen and oxygen atoms in total. The summed E-state index contributed by atoms with van der Waals surface area (Å²) in [5.41, 5.74) is 2.59. The van der Waals surface area contributed by atoms with E-state index >= 15 is 0 Å². The molecule has 8 heteroatoms. The van der Waals surface area contributed by atoms with E-state index in [0.717, 1.165) is 30.5 Å². The highest BCUT2D eigenvalue weighted by atomic mass is 32.2. The lowest BCUT2D eigenvalue weighted by Gasteiger charge is -2.24. The molecule has 0 saturated carbocycles. The topological polar surface area (TPSA) is 86.4 Å². The van der Waals surface area contributed by atoms with Crippen LogP contribution in [0.5, 0.6) is 0 Å². The zero-order chi connectivity index (χ0) is 16.4. The summed E-state index contributed by atoms with van der Waals surface area (Å²) in [6.07, 6.45) is 2.87. The average Bonchev–Trinajstić information content (AvgIpc) is 3.19. The minimum Gasteiger partial charge on any atom is -0.336 e. The smallest absolute Gasteiger partial charge is 0.274 e. The number of likely N-dealkylation sites (tertiary alicyclic amines) is 1. The standard InChI is InChI=1S/C15H22N4O3S/c1-18(2)12-8-23(21,22)13-7-19(6-10(12)13)15(20)14-9-4-3-5-11(9)16-17-14/h10,12-13H,3-8H2,1-2H3,(H,16,17)/t10-,12+,13-/m0/s1. The van der Waals surface area contributed by atoms with Gasteiger partial charge < -0.3 is 9.80 Å². The van der Waals surface area contributed by atoms with Gasteiger partial charge in [-0.05, 0) is 33.4 Å². The Bertz CT molecular complexity index is 755. The minimum absolute atomic E-state index is 0.00550. The van der Waals surface area contributed by atoms with Gasteiger partial charge in [0.15, 0.2) is 15.5 Å². The summed E-state index contributed by atoms with van der Waals surface area (Å²) in [4.78, 5) is 16.5. The predicted molar refractivity (Wildman–Crippen MR) is 85.1 cm³/mol. The normalized spacial score (nSPS) is 31.6. The molecule has 2 fully saturated rings. The first-order valence-electron chi connectivity index (χ1n) is 8.12. The molecule has 1 aromatic rings. The lowest BCUT2D eigenvalue weighted by atomic mass is 10.00. The number of aryl methyl sites for hydroxylation is 1. The van der Waals surface area contributed by atoms with E-state index in [1.807, 2.05) is 19.0 Å². The summed E-state index contributed by atoms with van der Waals surface area (Å²) in [6.45, 7) is 0.811. The van der Waals surface area contributed by atoms with Crippen LogP contribution < -0.4 is 0 Å². The van der Waals surface area contributed by atoms with Gasteiger partial charge in [0, 0.05) is 36.3 Å². The van der Waals surface area contributed by atoms with Crippen molar-refractivity contribution in [1.29, 1.82) is 0 Å². The number of sulfone groups is 1. The van der Waals surface area contributed by atoms with Crippen LogP contribution in [0.2, 0.25) is 0 Å². The van der Waals surface area contributed by atoms with Crippen molar-refractivity contribution in [3.05, 3.63) is 17.0 Å². The minimum atomic E-state index is -3.13. The van der Waals surface area contributed by atoms with Crippen molar-refractivity contribution < 1.29 is 13.2 Å². The molecule has 126 valence electrons. The second kappa shape index (κ2) is 5.04. The number of nitrogens with zero attached hydrogens (tertiary/aromatic N) is 3. The lowest BCUT2D eigenvalue weighted by molar-refractivity contribution is 0.0772. The Morgan fingerprint density at radius 2 is 2.09 bits per heavy atom. The molecule has 0 spiro atoms. The number of aromatic amines is 1. The van der Waals surface area contributed by atoms with E-state index in [9.17, 15) is 13.2 Å². The van der Waals surface area contributed by atoms with Gasteiger partial charge in [0.25, 0.3) is 5.91 Å². The molecule has 3 aliphatic rings. The van der Waals surface area contributed by atoms with Crippen LogP contribution in [0.4, 0.5) is 0 Å². The first-order chi connectivity index (χ1) is 10.9. The molecular weight excluding hydrogens is 316 g/mol. The summed E-state index contributed by atoms with van der Waals surface area (Å²) in [5.74, 6) is 0.0901. The van der Waals surface area contributed by atoms with Gasteiger partial charge in [0.05, 0.1) is 11.0 Å². The van der Waals surface area contributed by atoms with Gasteiger partial charge in [-0.1, -0.05) is 0 Å². The van der Waals surface area contributed by atoms with Crippen molar-refractivity contribution in [2.75, 3.05) is 32.9 Å². The number of H-pyrrole nitrogens is 1. The average molecular weight is 338 g/mol. The van der Waals surface area contributed by atoms with Crippen molar-refractivity contribution in [2.24, 2.45) is 5.92 Å². The molecule has 3 atom stereocenters. The van der Waals surface area contributed by atoms with Crippen LogP contribution in [0.25, 0.3) is 0 Å². The Balaban J connectivity index is 1.59. The molecule has 1 aliphatic carbocycles. The molecule has 1 amide bonds. The fourth-order valence-electron chi connectivity index (χ4n) is 4.38. The number of carbonyl (C=O) groups is 1. The van der Waals surface area contributed by atoms with Crippen LogP contribution in [-0.2, 0) is 22.7 Å². The molecule has 0 bridgehead atoms. The molecule has 23 heavy (non-hydrogen) atoms. The highest BCUT2D eigenvalue weighted by Gasteiger charge is 2.53. The maximum atomic E-state index is 12.8. The highest BCUT2D eigenvalue weighted by molar-refractivity contribution is 7.92. The van der Waals surface area contributed by atoms with E-state index in [0.29, 0.717) is 18.8 Å². The molecule has 1 N–H and O–H groups in total. The summed E-state index contributed by atoms with van der Waals surface area (Å²) < 4.78 is 24.8. The van der Waals surface area contributed by atoms with Crippen LogP contribution in [0.3, 0.4) is 0 Å². The van der Waals surface area contributed by atoms with E-state index in [2.05, 4.69) is 10.2 Å². The first kappa shape index (κ1) is 15.1. The molecule has 2 aliphatic heterocycles. The van der Waals surface area contributed by atoms with E-state index in [-0.39, 0.29) is 23.6 Å². The molecular formula is C15H22N4O3S. The molecule has 0 unspecified atom stereocenters. The Kier molecular flexibility index (Phi) is 3.32. The number of hydrogen-bond acceptors (Lipinski definition) is 5. The Labute approximate surface area is 135 Å². The summed E-state index contributed by atoms with van der Waals surface area (Å²) >= 11 is 0. The summed E-state index contributed by atoms with van der Waals surface area (Å²) in [7, 11) is 0.692. The second-order valence-electron chi connectivity index (χ2n) is 7.16. The molecule has 0 aromatic carbocycles. The van der Waals surface area contributed by atoms with Gasteiger partial charge in [-0.25, -0.2) is 8.42 Å². The zero-order valence-corrected chi connectivity index (χ0v) is 14.3. The number of amides is 1. The van der Waals surface area contributed by atoms with Gasteiger partial charge in [0.2, 0.25) is 0 Å². The van der Waals surface area contributed by atoms with Gasteiger partial charge in [0.1, 0.15) is 0 Å². The number of rotatable bonds is 2. The van der Waals surface area contributed by atoms with Gasteiger partial charge in [-0.2, -0.15) is 5.10 Å². The molecule has 2 saturated heterocycles. The third kappa shape index (κ3) is 2.22. The fourth-order valence-corrected chi connectivity index (χ4v) is 6.85. The predicted octanol–water partition coefficient (Wildman–Crippen LogP) is -0.302. The number of aromatic nitrogens is 2. The Hall–Kier alpha value is -1.41.